The Bertz CT molecular complexity index is 848. The lowest BCUT2D eigenvalue weighted by molar-refractivity contribution is -0.385. The molecule has 0 unspecified atom stereocenters. The van der Waals surface area contributed by atoms with Crippen LogP contribution in [0.3, 0.4) is 0 Å². The highest BCUT2D eigenvalue weighted by Crippen LogP contribution is 2.31. The predicted molar refractivity (Wildman–Crippen MR) is 76.8 cm³/mol. The van der Waals surface area contributed by atoms with Gasteiger partial charge in [-0.25, -0.2) is 4.39 Å². The minimum absolute atomic E-state index is 0.274. The Kier molecular flexibility index (Phi) is 4.14. The van der Waals surface area contributed by atoms with E-state index in [0.29, 0.717) is 5.56 Å². The Morgan fingerprint density at radius 1 is 1.14 bits per heavy atom. The number of nitro benzene ring substituents is 1. The molecule has 0 amide bonds. The summed E-state index contributed by atoms with van der Waals surface area (Å²) in [6.07, 6.45) is 0. The van der Waals surface area contributed by atoms with E-state index < -0.39 is 32.3 Å². The Morgan fingerprint density at radius 3 is 2.45 bits per heavy atom. The van der Waals surface area contributed by atoms with Crippen molar-refractivity contribution in [3.8, 4) is 5.75 Å². The summed E-state index contributed by atoms with van der Waals surface area (Å²) in [5.41, 5.74) is 0.382. The minimum atomic E-state index is -4.38. The van der Waals surface area contributed by atoms with Crippen LogP contribution in [-0.4, -0.2) is 13.3 Å². The number of halogens is 1. The number of hydrogen-bond donors (Lipinski definition) is 0. The monoisotopic (exact) mass is 325 g/mol. The first-order valence-corrected chi connectivity index (χ1v) is 7.57. The molecule has 2 aromatic carbocycles. The van der Waals surface area contributed by atoms with Gasteiger partial charge in [0.15, 0.2) is 0 Å². The largest absolute Gasteiger partial charge is 0.372 e. The zero-order valence-corrected chi connectivity index (χ0v) is 12.6. The smallest absolute Gasteiger partial charge is 0.339 e. The maximum Gasteiger partial charge on any atom is 0.339 e. The second-order valence-corrected chi connectivity index (χ2v) is 6.19. The van der Waals surface area contributed by atoms with Crippen LogP contribution < -0.4 is 4.18 Å². The molecule has 0 aliphatic heterocycles. The number of aryl methyl sites for hydroxylation is 2. The maximum absolute atomic E-state index is 13.2. The van der Waals surface area contributed by atoms with Crippen molar-refractivity contribution in [2.24, 2.45) is 0 Å². The van der Waals surface area contributed by atoms with Crippen LogP contribution in [0.5, 0.6) is 5.75 Å². The first-order chi connectivity index (χ1) is 10.2. The molecule has 0 spiro atoms. The van der Waals surface area contributed by atoms with Gasteiger partial charge in [0.2, 0.25) is 5.75 Å². The van der Waals surface area contributed by atoms with Crippen molar-refractivity contribution < 1.29 is 21.9 Å². The molecule has 0 saturated carbocycles. The van der Waals surface area contributed by atoms with Gasteiger partial charge < -0.3 is 4.18 Å². The summed E-state index contributed by atoms with van der Waals surface area (Å²) in [4.78, 5) is 9.88. The lowest BCUT2D eigenvalue weighted by Crippen LogP contribution is -2.12. The highest BCUT2D eigenvalue weighted by molar-refractivity contribution is 7.87. The van der Waals surface area contributed by atoms with Crippen LogP contribution in [0.4, 0.5) is 10.1 Å². The van der Waals surface area contributed by atoms with Gasteiger partial charge in [0.05, 0.1) is 4.92 Å². The fourth-order valence-corrected chi connectivity index (χ4v) is 3.03. The van der Waals surface area contributed by atoms with E-state index in [2.05, 4.69) is 0 Å². The van der Waals surface area contributed by atoms with Crippen molar-refractivity contribution in [1.82, 2.24) is 0 Å². The molecule has 0 radical (unpaired) electrons. The van der Waals surface area contributed by atoms with Gasteiger partial charge in [0.1, 0.15) is 10.7 Å². The van der Waals surface area contributed by atoms with E-state index in [1.807, 2.05) is 0 Å². The summed E-state index contributed by atoms with van der Waals surface area (Å²) < 4.78 is 42.5. The summed E-state index contributed by atoms with van der Waals surface area (Å²) in [6, 6.07) is 7.09. The molecule has 0 heterocycles. The van der Waals surface area contributed by atoms with Gasteiger partial charge in [-0.15, -0.1) is 0 Å². The molecule has 2 rings (SSSR count). The Morgan fingerprint density at radius 2 is 1.82 bits per heavy atom. The molecular weight excluding hydrogens is 313 g/mol. The van der Waals surface area contributed by atoms with E-state index >= 15 is 0 Å². The van der Waals surface area contributed by atoms with Crippen LogP contribution in [0.15, 0.2) is 41.3 Å². The van der Waals surface area contributed by atoms with E-state index in [1.54, 1.807) is 6.92 Å². The van der Waals surface area contributed by atoms with E-state index in [4.69, 9.17) is 4.18 Å². The first kappa shape index (κ1) is 15.9. The summed E-state index contributed by atoms with van der Waals surface area (Å²) in [5.74, 6) is -1.16. The lowest BCUT2D eigenvalue weighted by Gasteiger charge is -2.10. The van der Waals surface area contributed by atoms with Gasteiger partial charge in [0, 0.05) is 6.07 Å². The van der Waals surface area contributed by atoms with E-state index in [-0.39, 0.29) is 10.5 Å². The van der Waals surface area contributed by atoms with Gasteiger partial charge >= 0.3 is 15.8 Å². The van der Waals surface area contributed by atoms with E-state index in [0.717, 1.165) is 12.1 Å². The Hall–Kier alpha value is -2.48. The standard InChI is InChI=1S/C14H12FNO5S/c1-9-3-6-13(12(7-9)16(17)18)21-22(19,20)14-8-11(15)5-4-10(14)2/h3-8H,1-2H3. The number of nitrogens with zero attached hydrogens (tertiary/aromatic N) is 1. The zero-order chi connectivity index (χ0) is 16.5. The Labute approximate surface area is 126 Å². The second kappa shape index (κ2) is 5.72. The predicted octanol–water partition coefficient (Wildman–Crippen LogP) is 3.12. The molecule has 0 fully saturated rings. The molecule has 6 nitrogen and oxygen atoms in total. The van der Waals surface area contributed by atoms with Crippen molar-refractivity contribution in [2.45, 2.75) is 18.7 Å². The average molecular weight is 325 g/mol. The molecule has 0 aromatic heterocycles. The highest BCUT2D eigenvalue weighted by Gasteiger charge is 2.25. The lowest BCUT2D eigenvalue weighted by atomic mass is 10.2. The van der Waals surface area contributed by atoms with Crippen molar-refractivity contribution in [3.05, 3.63) is 63.5 Å². The second-order valence-electron chi connectivity index (χ2n) is 4.68. The van der Waals surface area contributed by atoms with E-state index in [9.17, 15) is 22.9 Å². The SMILES string of the molecule is Cc1ccc(OS(=O)(=O)c2cc(F)ccc2C)c([N+](=O)[O-])c1. The van der Waals surface area contributed by atoms with Crippen LogP contribution in [0.1, 0.15) is 11.1 Å². The molecule has 0 N–H and O–H groups in total. The molecule has 22 heavy (non-hydrogen) atoms. The molecule has 0 aliphatic rings. The molecule has 8 heteroatoms. The molecule has 0 aliphatic carbocycles. The third-order valence-corrected chi connectivity index (χ3v) is 4.31. The number of nitro groups is 1. The quantitative estimate of drug-likeness (QED) is 0.490. The molecule has 116 valence electrons. The molecule has 0 bridgehead atoms. The third kappa shape index (κ3) is 3.22. The number of rotatable bonds is 4. The van der Waals surface area contributed by atoms with Crippen LogP contribution >= 0.6 is 0 Å². The first-order valence-electron chi connectivity index (χ1n) is 6.16. The van der Waals surface area contributed by atoms with Crippen molar-refractivity contribution >= 4 is 15.8 Å². The Balaban J connectivity index is 2.50. The third-order valence-electron chi connectivity index (χ3n) is 2.93. The van der Waals surface area contributed by atoms with E-state index in [1.165, 1.54) is 31.2 Å². The summed E-state index contributed by atoms with van der Waals surface area (Å²) >= 11 is 0. The van der Waals surface area contributed by atoms with Crippen LogP contribution in [0.2, 0.25) is 0 Å². The van der Waals surface area contributed by atoms with Gasteiger partial charge in [-0.1, -0.05) is 12.1 Å². The van der Waals surface area contributed by atoms with Crippen molar-refractivity contribution in [3.63, 3.8) is 0 Å². The fourth-order valence-electron chi connectivity index (χ4n) is 1.85. The minimum Gasteiger partial charge on any atom is -0.372 e. The van der Waals surface area contributed by atoms with Gasteiger partial charge in [-0.3, -0.25) is 10.1 Å². The molecular formula is C14H12FNO5S. The topological polar surface area (TPSA) is 86.5 Å². The van der Waals surface area contributed by atoms with Gasteiger partial charge in [-0.2, -0.15) is 8.42 Å². The van der Waals surface area contributed by atoms with Crippen molar-refractivity contribution in [1.29, 1.82) is 0 Å². The average Bonchev–Trinajstić information content (AvgIpc) is 2.43. The molecule has 0 saturated heterocycles. The maximum atomic E-state index is 13.2. The van der Waals surface area contributed by atoms with Crippen LogP contribution in [0.25, 0.3) is 0 Å². The van der Waals surface area contributed by atoms with Gasteiger partial charge in [0.25, 0.3) is 0 Å². The number of hydrogen-bond acceptors (Lipinski definition) is 5. The normalized spacial score (nSPS) is 11.2. The molecule has 2 aromatic rings. The summed E-state index contributed by atoms with van der Waals surface area (Å²) in [6.45, 7) is 3.10. The summed E-state index contributed by atoms with van der Waals surface area (Å²) in [7, 11) is -4.38. The fraction of sp³-hybridized carbons (Fsp3) is 0.143. The molecule has 0 atom stereocenters. The van der Waals surface area contributed by atoms with Crippen LogP contribution in [0, 0.1) is 29.8 Å². The summed E-state index contributed by atoms with van der Waals surface area (Å²) in [5, 5.41) is 11.0. The highest BCUT2D eigenvalue weighted by atomic mass is 32.2. The number of benzene rings is 2. The van der Waals surface area contributed by atoms with Crippen LogP contribution in [-0.2, 0) is 10.1 Å². The zero-order valence-electron chi connectivity index (χ0n) is 11.7. The van der Waals surface area contributed by atoms with Crippen molar-refractivity contribution in [2.75, 3.05) is 0 Å². The van der Waals surface area contributed by atoms with Gasteiger partial charge in [-0.05, 0) is 43.2 Å².